The highest BCUT2D eigenvalue weighted by molar-refractivity contribution is 5.93. The van der Waals surface area contributed by atoms with Gasteiger partial charge in [0.2, 0.25) is 0 Å². The highest BCUT2D eigenvalue weighted by Gasteiger charge is 2.30. The molecule has 0 aliphatic heterocycles. The first kappa shape index (κ1) is 19.9. The van der Waals surface area contributed by atoms with Gasteiger partial charge in [0, 0.05) is 13.1 Å². The van der Waals surface area contributed by atoms with Crippen molar-refractivity contribution in [2.45, 2.75) is 26.3 Å². The number of nitrogens with zero attached hydrogens (tertiary/aromatic N) is 2. The molecule has 134 valence electrons. The number of rotatable bonds is 7. The van der Waals surface area contributed by atoms with Gasteiger partial charge in [0.25, 0.3) is 11.6 Å². The molecular formula is C16H20N4O5. The van der Waals surface area contributed by atoms with Crippen LogP contribution in [-0.2, 0) is 9.53 Å². The lowest BCUT2D eigenvalue weighted by molar-refractivity contribution is -0.384. The average molecular weight is 348 g/mol. The van der Waals surface area contributed by atoms with Crippen molar-refractivity contribution in [1.82, 2.24) is 5.32 Å². The molecule has 0 heterocycles. The van der Waals surface area contributed by atoms with E-state index in [2.05, 4.69) is 10.6 Å². The summed E-state index contributed by atoms with van der Waals surface area (Å²) in [6.45, 7) is 4.53. The molecule has 2 N–H and O–H groups in total. The van der Waals surface area contributed by atoms with Crippen LogP contribution in [0.5, 0.6) is 0 Å². The van der Waals surface area contributed by atoms with E-state index in [4.69, 9.17) is 10.00 Å². The zero-order valence-corrected chi connectivity index (χ0v) is 14.5. The van der Waals surface area contributed by atoms with Gasteiger partial charge in [-0.25, -0.2) is 4.79 Å². The maximum atomic E-state index is 12.0. The first-order valence-corrected chi connectivity index (χ1v) is 7.50. The Kier molecular flexibility index (Phi) is 6.45. The summed E-state index contributed by atoms with van der Waals surface area (Å²) in [5, 5.41) is 25.3. The number of nitriles is 1. The molecular weight excluding hydrogens is 328 g/mol. The Morgan fingerprint density at radius 1 is 1.44 bits per heavy atom. The molecule has 1 amide bonds. The first-order chi connectivity index (χ1) is 11.6. The van der Waals surface area contributed by atoms with Crippen LogP contribution in [0.1, 0.15) is 31.1 Å². The van der Waals surface area contributed by atoms with Gasteiger partial charge < -0.3 is 15.4 Å². The van der Waals surface area contributed by atoms with Crippen LogP contribution in [0.2, 0.25) is 0 Å². The van der Waals surface area contributed by atoms with Crippen LogP contribution in [0.4, 0.5) is 11.4 Å². The minimum absolute atomic E-state index is 0.0506. The third-order valence-corrected chi connectivity index (χ3v) is 3.82. The maximum Gasteiger partial charge on any atom is 0.338 e. The molecule has 0 spiro atoms. The van der Waals surface area contributed by atoms with E-state index >= 15 is 0 Å². The van der Waals surface area contributed by atoms with Crippen molar-refractivity contribution in [3.05, 3.63) is 33.9 Å². The number of esters is 1. The second-order valence-corrected chi connectivity index (χ2v) is 5.83. The van der Waals surface area contributed by atoms with Crippen LogP contribution in [0.15, 0.2) is 18.2 Å². The fraction of sp³-hybridized carbons (Fsp3) is 0.438. The van der Waals surface area contributed by atoms with Gasteiger partial charge in [0.05, 0.1) is 16.6 Å². The molecule has 0 radical (unpaired) electrons. The standard InChI is InChI=1S/C16H20N4O5/c1-10(2)16(3,9-17)19-14(21)8-25-15(22)11-5-6-12(18-4)13(7-11)20(23)24/h5-7,10,18H,8H2,1-4H3,(H,19,21)/t16-/m1/s1. The molecule has 25 heavy (non-hydrogen) atoms. The molecule has 0 bridgehead atoms. The Morgan fingerprint density at radius 2 is 2.08 bits per heavy atom. The number of nitro benzene ring substituents is 1. The fourth-order valence-electron chi connectivity index (χ4n) is 1.86. The Balaban J connectivity index is 2.78. The first-order valence-electron chi connectivity index (χ1n) is 7.50. The van der Waals surface area contributed by atoms with Gasteiger partial charge in [-0.15, -0.1) is 0 Å². The third-order valence-electron chi connectivity index (χ3n) is 3.82. The van der Waals surface area contributed by atoms with E-state index in [-0.39, 0.29) is 22.9 Å². The Labute approximate surface area is 145 Å². The largest absolute Gasteiger partial charge is 0.452 e. The van der Waals surface area contributed by atoms with E-state index in [0.717, 1.165) is 6.07 Å². The molecule has 9 heteroatoms. The molecule has 0 saturated carbocycles. The summed E-state index contributed by atoms with van der Waals surface area (Å²) < 4.78 is 4.86. The lowest BCUT2D eigenvalue weighted by Crippen LogP contribution is -2.50. The van der Waals surface area contributed by atoms with Gasteiger partial charge >= 0.3 is 5.97 Å². The van der Waals surface area contributed by atoms with Crippen molar-refractivity contribution in [1.29, 1.82) is 5.26 Å². The van der Waals surface area contributed by atoms with E-state index in [1.807, 2.05) is 6.07 Å². The number of amides is 1. The summed E-state index contributed by atoms with van der Waals surface area (Å²) in [6.07, 6.45) is 0. The zero-order chi connectivity index (χ0) is 19.2. The smallest absolute Gasteiger partial charge is 0.338 e. The van der Waals surface area contributed by atoms with E-state index in [9.17, 15) is 19.7 Å². The number of nitro groups is 1. The number of benzene rings is 1. The molecule has 9 nitrogen and oxygen atoms in total. The van der Waals surface area contributed by atoms with Gasteiger partial charge in [-0.2, -0.15) is 5.26 Å². The van der Waals surface area contributed by atoms with Crippen molar-refractivity contribution in [3.63, 3.8) is 0 Å². The summed E-state index contributed by atoms with van der Waals surface area (Å²) in [4.78, 5) is 34.2. The zero-order valence-electron chi connectivity index (χ0n) is 14.5. The number of hydrogen-bond acceptors (Lipinski definition) is 7. The van der Waals surface area contributed by atoms with E-state index < -0.39 is 28.9 Å². The quantitative estimate of drug-likeness (QED) is 0.436. The Bertz CT molecular complexity index is 726. The second kappa shape index (κ2) is 8.10. The van der Waals surface area contributed by atoms with Crippen LogP contribution in [-0.4, -0.2) is 36.0 Å². The monoisotopic (exact) mass is 348 g/mol. The molecule has 0 aliphatic rings. The van der Waals surface area contributed by atoms with Crippen molar-refractivity contribution in [2.75, 3.05) is 19.0 Å². The lowest BCUT2D eigenvalue weighted by Gasteiger charge is -2.27. The SMILES string of the molecule is CNc1ccc(C(=O)OCC(=O)N[C@](C)(C#N)C(C)C)cc1[N+](=O)[O-]. The number of nitrogens with one attached hydrogen (secondary N) is 2. The summed E-state index contributed by atoms with van der Waals surface area (Å²) in [7, 11) is 1.52. The number of carbonyl (C=O) groups is 2. The van der Waals surface area contributed by atoms with Crippen LogP contribution in [0.25, 0.3) is 0 Å². The second-order valence-electron chi connectivity index (χ2n) is 5.83. The summed E-state index contributed by atoms with van der Waals surface area (Å²) in [6, 6.07) is 5.80. The molecule has 0 saturated heterocycles. The van der Waals surface area contributed by atoms with Crippen LogP contribution < -0.4 is 10.6 Å². The fourth-order valence-corrected chi connectivity index (χ4v) is 1.86. The van der Waals surface area contributed by atoms with Crippen LogP contribution in [0, 0.1) is 27.4 Å². The normalized spacial score (nSPS) is 12.6. The third kappa shape index (κ3) is 4.91. The summed E-state index contributed by atoms with van der Waals surface area (Å²) in [5.41, 5.74) is -1.17. The molecule has 1 aromatic carbocycles. The topological polar surface area (TPSA) is 134 Å². The Hall–Kier alpha value is -3.15. The molecule has 1 rings (SSSR count). The van der Waals surface area contributed by atoms with Crippen molar-refractivity contribution in [2.24, 2.45) is 5.92 Å². The van der Waals surface area contributed by atoms with E-state index in [1.54, 1.807) is 20.8 Å². The predicted molar refractivity (Wildman–Crippen MR) is 89.9 cm³/mol. The van der Waals surface area contributed by atoms with Gasteiger partial charge in [-0.3, -0.25) is 14.9 Å². The minimum Gasteiger partial charge on any atom is -0.452 e. The highest BCUT2D eigenvalue weighted by Crippen LogP contribution is 2.25. The molecule has 1 aromatic rings. The lowest BCUT2D eigenvalue weighted by atomic mass is 9.90. The van der Waals surface area contributed by atoms with Crippen LogP contribution >= 0.6 is 0 Å². The van der Waals surface area contributed by atoms with Gasteiger partial charge in [-0.1, -0.05) is 13.8 Å². The van der Waals surface area contributed by atoms with Gasteiger partial charge in [-0.05, 0) is 25.0 Å². The van der Waals surface area contributed by atoms with Crippen molar-refractivity contribution < 1.29 is 19.2 Å². The maximum absolute atomic E-state index is 12.0. The number of carbonyl (C=O) groups excluding carboxylic acids is 2. The van der Waals surface area contributed by atoms with Crippen molar-refractivity contribution >= 4 is 23.3 Å². The van der Waals surface area contributed by atoms with Gasteiger partial charge in [0.15, 0.2) is 6.61 Å². The van der Waals surface area contributed by atoms with Crippen LogP contribution in [0.3, 0.4) is 0 Å². The molecule has 0 aliphatic carbocycles. The van der Waals surface area contributed by atoms with Gasteiger partial charge in [0.1, 0.15) is 11.2 Å². The highest BCUT2D eigenvalue weighted by atomic mass is 16.6. The average Bonchev–Trinajstić information content (AvgIpc) is 2.58. The summed E-state index contributed by atoms with van der Waals surface area (Å²) >= 11 is 0. The van der Waals surface area contributed by atoms with Crippen molar-refractivity contribution in [3.8, 4) is 6.07 Å². The van der Waals surface area contributed by atoms with E-state index in [1.165, 1.54) is 19.2 Å². The Morgan fingerprint density at radius 3 is 2.56 bits per heavy atom. The molecule has 0 aromatic heterocycles. The molecule has 0 fully saturated rings. The number of ether oxygens (including phenoxy) is 1. The molecule has 0 unspecified atom stereocenters. The minimum atomic E-state index is -1.09. The predicted octanol–water partition coefficient (Wildman–Crippen LogP) is 1.85. The van der Waals surface area contributed by atoms with E-state index in [0.29, 0.717) is 0 Å². The number of hydrogen-bond donors (Lipinski definition) is 2. The molecule has 1 atom stereocenters. The number of anilines is 1. The summed E-state index contributed by atoms with van der Waals surface area (Å²) in [5.74, 6) is -1.65.